The highest BCUT2D eigenvalue weighted by atomic mass is 16.4. The number of rotatable bonds is 4. The van der Waals surface area contributed by atoms with Gasteiger partial charge in [0.25, 0.3) is 0 Å². The van der Waals surface area contributed by atoms with Gasteiger partial charge in [-0.1, -0.05) is 19.1 Å². The van der Waals surface area contributed by atoms with Gasteiger partial charge in [-0.3, -0.25) is 0 Å². The van der Waals surface area contributed by atoms with Crippen LogP contribution in [-0.2, 0) is 6.42 Å². The van der Waals surface area contributed by atoms with Crippen molar-refractivity contribution in [2.24, 2.45) is 0 Å². The zero-order valence-corrected chi connectivity index (χ0v) is 9.63. The van der Waals surface area contributed by atoms with Crippen molar-refractivity contribution in [3.63, 3.8) is 0 Å². The number of hydrogen-bond acceptors (Lipinski definition) is 4. The van der Waals surface area contributed by atoms with Crippen LogP contribution in [0.3, 0.4) is 0 Å². The maximum absolute atomic E-state index is 9.34. The lowest BCUT2D eigenvalue weighted by Gasteiger charge is -2.02. The van der Waals surface area contributed by atoms with E-state index in [1.807, 2.05) is 13.0 Å². The van der Waals surface area contributed by atoms with Crippen molar-refractivity contribution >= 4 is 0 Å². The summed E-state index contributed by atoms with van der Waals surface area (Å²) in [5.41, 5.74) is 0.940. The molecule has 1 unspecified atom stereocenters. The highest BCUT2D eigenvalue weighted by Crippen LogP contribution is 2.19. The molecule has 0 saturated heterocycles. The van der Waals surface area contributed by atoms with Gasteiger partial charge in [0.2, 0.25) is 0 Å². The van der Waals surface area contributed by atoms with E-state index in [4.69, 9.17) is 9.52 Å². The van der Waals surface area contributed by atoms with Gasteiger partial charge >= 0.3 is 0 Å². The highest BCUT2D eigenvalue weighted by Gasteiger charge is 2.11. The molecule has 90 valence electrons. The molecule has 2 aromatic rings. The first kappa shape index (κ1) is 11.7. The first-order valence-corrected chi connectivity index (χ1v) is 5.52. The number of phenols is 1. The summed E-state index contributed by atoms with van der Waals surface area (Å²) in [6, 6.07) is 6.99. The summed E-state index contributed by atoms with van der Waals surface area (Å²) in [7, 11) is 0. The maximum Gasteiger partial charge on any atom is 0.198 e. The molecule has 1 aromatic heterocycles. The molecule has 1 heterocycles. The summed E-state index contributed by atoms with van der Waals surface area (Å²) in [5, 5.41) is 18.3. The number of aliphatic hydroxyl groups excluding tert-OH is 1. The van der Waals surface area contributed by atoms with Crippen molar-refractivity contribution < 1.29 is 14.6 Å². The van der Waals surface area contributed by atoms with Gasteiger partial charge in [0.15, 0.2) is 5.89 Å². The van der Waals surface area contributed by atoms with Crippen molar-refractivity contribution in [3.8, 4) is 5.75 Å². The number of phenolic OH excluding ortho intramolecular Hbond substituents is 1. The maximum atomic E-state index is 9.34. The Kier molecular flexibility index (Phi) is 3.44. The molecule has 2 N–H and O–H groups in total. The number of benzene rings is 1. The molecule has 1 aromatic carbocycles. The van der Waals surface area contributed by atoms with E-state index < -0.39 is 0 Å². The second-order valence-corrected chi connectivity index (χ2v) is 4.09. The van der Waals surface area contributed by atoms with Crippen LogP contribution in [0.1, 0.15) is 30.1 Å². The second kappa shape index (κ2) is 5.01. The Labute approximate surface area is 99.6 Å². The van der Waals surface area contributed by atoms with E-state index in [2.05, 4.69) is 4.98 Å². The fourth-order valence-electron chi connectivity index (χ4n) is 1.56. The quantitative estimate of drug-likeness (QED) is 0.848. The second-order valence-electron chi connectivity index (χ2n) is 4.09. The SMILES string of the molecule is CC(CO)c1cnc(Cc2cccc(O)c2)o1. The molecule has 2 rings (SSSR count). The van der Waals surface area contributed by atoms with Gasteiger partial charge in [-0.25, -0.2) is 4.98 Å². The molecule has 0 spiro atoms. The lowest BCUT2D eigenvalue weighted by molar-refractivity contribution is 0.255. The van der Waals surface area contributed by atoms with Gasteiger partial charge in [0.1, 0.15) is 11.5 Å². The summed E-state index contributed by atoms with van der Waals surface area (Å²) in [4.78, 5) is 4.15. The number of hydrogen-bond donors (Lipinski definition) is 2. The average molecular weight is 233 g/mol. The van der Waals surface area contributed by atoms with E-state index >= 15 is 0 Å². The van der Waals surface area contributed by atoms with Crippen LogP contribution in [0.15, 0.2) is 34.9 Å². The van der Waals surface area contributed by atoms with Crippen LogP contribution in [0.5, 0.6) is 5.75 Å². The Morgan fingerprint density at radius 3 is 2.94 bits per heavy atom. The summed E-state index contributed by atoms with van der Waals surface area (Å²) < 4.78 is 5.53. The Morgan fingerprint density at radius 1 is 1.41 bits per heavy atom. The van der Waals surface area contributed by atoms with Crippen LogP contribution in [-0.4, -0.2) is 21.8 Å². The van der Waals surface area contributed by atoms with Gasteiger partial charge in [0, 0.05) is 12.3 Å². The van der Waals surface area contributed by atoms with Gasteiger partial charge in [-0.15, -0.1) is 0 Å². The Morgan fingerprint density at radius 2 is 2.24 bits per heavy atom. The topological polar surface area (TPSA) is 66.5 Å². The first-order valence-electron chi connectivity index (χ1n) is 5.52. The Hall–Kier alpha value is -1.81. The number of aromatic hydroxyl groups is 1. The normalized spacial score (nSPS) is 12.6. The third kappa shape index (κ3) is 2.85. The smallest absolute Gasteiger partial charge is 0.198 e. The number of nitrogens with zero attached hydrogens (tertiary/aromatic N) is 1. The van der Waals surface area contributed by atoms with E-state index in [1.165, 1.54) is 0 Å². The monoisotopic (exact) mass is 233 g/mol. The van der Waals surface area contributed by atoms with Crippen molar-refractivity contribution in [3.05, 3.63) is 47.7 Å². The third-order valence-electron chi connectivity index (χ3n) is 2.60. The van der Waals surface area contributed by atoms with Crippen LogP contribution in [0, 0.1) is 0 Å². The Balaban J connectivity index is 2.11. The molecule has 0 bridgehead atoms. The Bertz CT molecular complexity index is 493. The fourth-order valence-corrected chi connectivity index (χ4v) is 1.56. The first-order chi connectivity index (χ1) is 8.19. The highest BCUT2D eigenvalue weighted by molar-refractivity contribution is 5.28. The molecule has 0 saturated carbocycles. The summed E-state index contributed by atoms with van der Waals surface area (Å²) in [5.74, 6) is 1.46. The lowest BCUT2D eigenvalue weighted by atomic mass is 10.1. The van der Waals surface area contributed by atoms with Crippen LogP contribution < -0.4 is 0 Å². The van der Waals surface area contributed by atoms with Gasteiger partial charge in [-0.2, -0.15) is 0 Å². The standard InChI is InChI=1S/C13H15NO3/c1-9(8-15)12-7-14-13(17-12)6-10-3-2-4-11(16)5-10/h2-5,7,9,15-16H,6,8H2,1H3. The van der Waals surface area contributed by atoms with Crippen LogP contribution in [0.4, 0.5) is 0 Å². The molecule has 0 radical (unpaired) electrons. The van der Waals surface area contributed by atoms with Crippen LogP contribution >= 0.6 is 0 Å². The molecule has 0 aliphatic heterocycles. The minimum absolute atomic E-state index is 0.0413. The van der Waals surface area contributed by atoms with Crippen LogP contribution in [0.25, 0.3) is 0 Å². The zero-order chi connectivity index (χ0) is 12.3. The molecule has 1 atom stereocenters. The molecule has 0 fully saturated rings. The summed E-state index contributed by atoms with van der Waals surface area (Å²) in [6.07, 6.45) is 2.17. The van der Waals surface area contributed by atoms with Gasteiger partial charge in [-0.05, 0) is 17.7 Å². The van der Waals surface area contributed by atoms with Crippen molar-refractivity contribution in [1.29, 1.82) is 0 Å². The van der Waals surface area contributed by atoms with Crippen molar-refractivity contribution in [2.75, 3.05) is 6.61 Å². The molecule has 0 aliphatic carbocycles. The number of oxazole rings is 1. The van der Waals surface area contributed by atoms with E-state index in [-0.39, 0.29) is 18.3 Å². The number of aliphatic hydroxyl groups is 1. The van der Waals surface area contributed by atoms with E-state index in [1.54, 1.807) is 24.4 Å². The largest absolute Gasteiger partial charge is 0.508 e. The fraction of sp³-hybridized carbons (Fsp3) is 0.308. The molecular weight excluding hydrogens is 218 g/mol. The molecule has 0 amide bonds. The summed E-state index contributed by atoms with van der Waals surface area (Å²) >= 11 is 0. The molecule has 0 aliphatic rings. The molecule has 4 nitrogen and oxygen atoms in total. The van der Waals surface area contributed by atoms with Crippen molar-refractivity contribution in [1.82, 2.24) is 4.98 Å². The van der Waals surface area contributed by atoms with Gasteiger partial charge in [0.05, 0.1) is 12.8 Å². The predicted octanol–water partition coefficient (Wildman–Crippen LogP) is 2.07. The van der Waals surface area contributed by atoms with Crippen LogP contribution in [0.2, 0.25) is 0 Å². The minimum atomic E-state index is -0.0413. The third-order valence-corrected chi connectivity index (χ3v) is 2.60. The lowest BCUT2D eigenvalue weighted by Crippen LogP contribution is -1.96. The molecule has 4 heteroatoms. The zero-order valence-electron chi connectivity index (χ0n) is 9.63. The van der Waals surface area contributed by atoms with E-state index in [0.717, 1.165) is 5.56 Å². The molecule has 17 heavy (non-hydrogen) atoms. The predicted molar refractivity (Wildman–Crippen MR) is 62.9 cm³/mol. The van der Waals surface area contributed by atoms with Gasteiger partial charge < -0.3 is 14.6 Å². The summed E-state index contributed by atoms with van der Waals surface area (Å²) in [6.45, 7) is 1.92. The minimum Gasteiger partial charge on any atom is -0.508 e. The molecular formula is C13H15NO3. The number of aromatic nitrogens is 1. The van der Waals surface area contributed by atoms with E-state index in [0.29, 0.717) is 18.1 Å². The van der Waals surface area contributed by atoms with E-state index in [9.17, 15) is 5.11 Å². The average Bonchev–Trinajstić information content (AvgIpc) is 2.76. The van der Waals surface area contributed by atoms with Crippen molar-refractivity contribution in [2.45, 2.75) is 19.3 Å².